The Morgan fingerprint density at radius 3 is 2.52 bits per heavy atom. The van der Waals surface area contributed by atoms with Gasteiger partial charge in [0.25, 0.3) is 0 Å². The van der Waals surface area contributed by atoms with Gasteiger partial charge in [-0.1, -0.05) is 6.07 Å². The van der Waals surface area contributed by atoms with Crippen LogP contribution in [-0.4, -0.2) is 26.7 Å². The van der Waals surface area contributed by atoms with Gasteiger partial charge in [-0.25, -0.2) is 9.78 Å². The molecule has 0 aliphatic rings. The topological polar surface area (TPSA) is 71.3 Å². The minimum Gasteiger partial charge on any atom is -0.308 e. The maximum atomic E-state index is 12.6. The van der Waals surface area contributed by atoms with Crippen LogP contribution < -0.4 is 10.6 Å². The van der Waals surface area contributed by atoms with Gasteiger partial charge in [-0.05, 0) is 54.8 Å². The van der Waals surface area contributed by atoms with Crippen LogP contribution in [0.4, 0.5) is 16.3 Å². The van der Waals surface area contributed by atoms with E-state index in [0.717, 1.165) is 21.8 Å². The highest BCUT2D eigenvalue weighted by atomic mass is 32.2. The van der Waals surface area contributed by atoms with Crippen LogP contribution in [0.5, 0.6) is 0 Å². The molecule has 0 bridgehead atoms. The van der Waals surface area contributed by atoms with Gasteiger partial charge in [0.05, 0.1) is 0 Å². The zero-order chi connectivity index (χ0) is 18.6. The maximum absolute atomic E-state index is 12.6. The zero-order valence-electron chi connectivity index (χ0n) is 14.6. The lowest BCUT2D eigenvalue weighted by Gasteiger charge is -2.10. The number of imidazole rings is 1. The van der Waals surface area contributed by atoms with Crippen LogP contribution >= 0.6 is 11.8 Å². The minimum atomic E-state index is -0.326. The van der Waals surface area contributed by atoms with Crippen LogP contribution in [0.15, 0.2) is 78.1 Å². The first kappa shape index (κ1) is 17.1. The van der Waals surface area contributed by atoms with Crippen molar-refractivity contribution in [3.8, 4) is 11.3 Å². The van der Waals surface area contributed by atoms with E-state index in [4.69, 9.17) is 0 Å². The van der Waals surface area contributed by atoms with E-state index in [1.807, 2.05) is 71.5 Å². The molecule has 0 atom stereocenters. The molecule has 0 radical (unpaired) electrons. The number of nitrogens with one attached hydrogen (secondary N) is 2. The van der Waals surface area contributed by atoms with Crippen LogP contribution in [0.1, 0.15) is 0 Å². The highest BCUT2D eigenvalue weighted by Gasteiger charge is 2.16. The summed E-state index contributed by atoms with van der Waals surface area (Å²) in [7, 11) is 0. The lowest BCUT2D eigenvalue weighted by Crippen LogP contribution is -2.20. The second kappa shape index (κ2) is 7.51. The second-order valence-corrected chi connectivity index (χ2v) is 6.66. The van der Waals surface area contributed by atoms with Crippen molar-refractivity contribution in [1.82, 2.24) is 14.4 Å². The first-order valence-electron chi connectivity index (χ1n) is 8.34. The summed E-state index contributed by atoms with van der Waals surface area (Å²) < 4.78 is 1.85. The number of carbonyl (C=O) groups excluding carboxylic acids is 1. The molecule has 0 spiro atoms. The molecule has 7 heteroatoms. The molecule has 2 amide bonds. The van der Waals surface area contributed by atoms with Gasteiger partial charge in [0.1, 0.15) is 17.2 Å². The van der Waals surface area contributed by atoms with Crippen molar-refractivity contribution in [2.24, 2.45) is 0 Å². The SMILES string of the molecule is CSc1ccc(NC(=O)Nc2c(-c3ccncc3)nc3ccccn23)cc1. The number of amides is 2. The van der Waals surface area contributed by atoms with E-state index in [9.17, 15) is 4.79 Å². The molecule has 2 N–H and O–H groups in total. The summed E-state index contributed by atoms with van der Waals surface area (Å²) in [6.07, 6.45) is 7.30. The van der Waals surface area contributed by atoms with Gasteiger partial charge in [0.15, 0.2) is 0 Å². The number of carbonyl (C=O) groups is 1. The van der Waals surface area contributed by atoms with E-state index < -0.39 is 0 Å². The van der Waals surface area contributed by atoms with Crippen LogP contribution in [0, 0.1) is 0 Å². The summed E-state index contributed by atoms with van der Waals surface area (Å²) in [5, 5.41) is 5.80. The van der Waals surface area contributed by atoms with Gasteiger partial charge in [0.2, 0.25) is 0 Å². The molecule has 27 heavy (non-hydrogen) atoms. The van der Waals surface area contributed by atoms with Gasteiger partial charge in [-0.15, -0.1) is 11.8 Å². The summed E-state index contributed by atoms with van der Waals surface area (Å²) in [4.78, 5) is 22.4. The molecular formula is C20H17N5OS. The molecule has 1 aromatic carbocycles. The van der Waals surface area contributed by atoms with E-state index in [1.165, 1.54) is 0 Å². The minimum absolute atomic E-state index is 0.326. The quantitative estimate of drug-likeness (QED) is 0.504. The first-order valence-corrected chi connectivity index (χ1v) is 9.56. The van der Waals surface area contributed by atoms with Crippen molar-refractivity contribution in [3.05, 3.63) is 73.2 Å². The summed E-state index contributed by atoms with van der Waals surface area (Å²) in [5.74, 6) is 0.607. The van der Waals surface area contributed by atoms with Crippen molar-refractivity contribution in [3.63, 3.8) is 0 Å². The zero-order valence-corrected chi connectivity index (χ0v) is 15.4. The predicted molar refractivity (Wildman–Crippen MR) is 109 cm³/mol. The van der Waals surface area contributed by atoms with E-state index in [2.05, 4.69) is 20.6 Å². The van der Waals surface area contributed by atoms with Crippen molar-refractivity contribution in [2.45, 2.75) is 4.90 Å². The van der Waals surface area contributed by atoms with E-state index in [1.54, 1.807) is 24.2 Å². The van der Waals surface area contributed by atoms with Gasteiger partial charge in [-0.3, -0.25) is 14.7 Å². The third-order valence-corrected chi connectivity index (χ3v) is 4.81. The number of aromatic nitrogens is 3. The third-order valence-electron chi connectivity index (χ3n) is 4.06. The molecule has 6 nitrogen and oxygen atoms in total. The van der Waals surface area contributed by atoms with Gasteiger partial charge >= 0.3 is 6.03 Å². The summed E-state index contributed by atoms with van der Waals surface area (Å²) in [6.45, 7) is 0. The average molecular weight is 375 g/mol. The number of thioether (sulfide) groups is 1. The molecule has 0 aliphatic carbocycles. The Balaban J connectivity index is 1.65. The predicted octanol–water partition coefficient (Wildman–Crippen LogP) is 4.76. The van der Waals surface area contributed by atoms with E-state index in [0.29, 0.717) is 11.5 Å². The molecule has 0 saturated heterocycles. The Labute approximate surface area is 160 Å². The molecule has 134 valence electrons. The molecule has 3 heterocycles. The van der Waals surface area contributed by atoms with Crippen molar-refractivity contribution < 1.29 is 4.79 Å². The fourth-order valence-electron chi connectivity index (χ4n) is 2.77. The Kier molecular flexibility index (Phi) is 4.76. The summed E-state index contributed by atoms with van der Waals surface area (Å²) in [6, 6.07) is 16.8. The highest BCUT2D eigenvalue weighted by Crippen LogP contribution is 2.28. The highest BCUT2D eigenvalue weighted by molar-refractivity contribution is 7.98. The number of pyridine rings is 2. The number of hydrogen-bond donors (Lipinski definition) is 2. The van der Waals surface area contributed by atoms with Crippen LogP contribution in [0.25, 0.3) is 16.9 Å². The normalized spacial score (nSPS) is 10.7. The molecule has 0 unspecified atom stereocenters. The van der Waals surface area contributed by atoms with Crippen molar-refractivity contribution in [1.29, 1.82) is 0 Å². The Morgan fingerprint density at radius 1 is 1.00 bits per heavy atom. The smallest absolute Gasteiger partial charge is 0.308 e. The molecule has 0 saturated carbocycles. The lowest BCUT2D eigenvalue weighted by atomic mass is 10.2. The van der Waals surface area contributed by atoms with Crippen molar-refractivity contribution >= 4 is 34.9 Å². The molecule has 0 fully saturated rings. The summed E-state index contributed by atoms with van der Waals surface area (Å²) in [5.41, 5.74) is 3.05. The fourth-order valence-corrected chi connectivity index (χ4v) is 3.18. The maximum Gasteiger partial charge on any atom is 0.324 e. The molecular weight excluding hydrogens is 358 g/mol. The molecule has 4 aromatic rings. The number of urea groups is 1. The molecule has 3 aromatic heterocycles. The number of rotatable bonds is 4. The van der Waals surface area contributed by atoms with Gasteiger partial charge < -0.3 is 5.32 Å². The van der Waals surface area contributed by atoms with Crippen LogP contribution in [0.2, 0.25) is 0 Å². The van der Waals surface area contributed by atoms with E-state index in [-0.39, 0.29) is 6.03 Å². The number of fused-ring (bicyclic) bond motifs is 1. The average Bonchev–Trinajstić information content (AvgIpc) is 3.08. The number of nitrogens with zero attached hydrogens (tertiary/aromatic N) is 3. The standard InChI is InChI=1S/C20H17N5OS/c1-27-16-7-5-15(6-8-16)22-20(26)24-19-18(14-9-11-21-12-10-14)23-17-4-2-3-13-25(17)19/h2-13H,1H3,(H2,22,24,26). The molecule has 4 rings (SSSR count). The third kappa shape index (κ3) is 3.63. The second-order valence-electron chi connectivity index (χ2n) is 5.78. The Morgan fingerprint density at radius 2 is 1.78 bits per heavy atom. The first-order chi connectivity index (χ1) is 13.2. The lowest BCUT2D eigenvalue weighted by molar-refractivity contribution is 0.262. The molecule has 0 aliphatic heterocycles. The fraction of sp³-hybridized carbons (Fsp3) is 0.0500. The van der Waals surface area contributed by atoms with Crippen LogP contribution in [-0.2, 0) is 0 Å². The number of benzene rings is 1. The van der Waals surface area contributed by atoms with E-state index >= 15 is 0 Å². The Hall–Kier alpha value is -3.32. The number of anilines is 2. The van der Waals surface area contributed by atoms with Crippen molar-refractivity contribution in [2.75, 3.05) is 16.9 Å². The van der Waals surface area contributed by atoms with Gasteiger partial charge in [-0.2, -0.15) is 0 Å². The number of hydrogen-bond acceptors (Lipinski definition) is 4. The Bertz CT molecular complexity index is 1080. The summed E-state index contributed by atoms with van der Waals surface area (Å²) >= 11 is 1.66. The monoisotopic (exact) mass is 375 g/mol. The largest absolute Gasteiger partial charge is 0.324 e. The van der Waals surface area contributed by atoms with Crippen LogP contribution in [0.3, 0.4) is 0 Å². The van der Waals surface area contributed by atoms with Gasteiger partial charge in [0, 0.05) is 34.7 Å².